The molecular formula is C15H14N2O2. The van der Waals surface area contributed by atoms with Gasteiger partial charge in [0.05, 0.1) is 0 Å². The second kappa shape index (κ2) is 5.02. The highest BCUT2D eigenvalue weighted by atomic mass is 16.5. The minimum atomic E-state index is -0.00854. The van der Waals surface area contributed by atoms with Gasteiger partial charge in [0.1, 0.15) is 24.1 Å². The Morgan fingerprint density at radius 3 is 2.32 bits per heavy atom. The third-order valence-corrected chi connectivity index (χ3v) is 2.92. The van der Waals surface area contributed by atoms with Crippen molar-refractivity contribution in [3.8, 4) is 11.5 Å². The van der Waals surface area contributed by atoms with Gasteiger partial charge in [-0.3, -0.25) is 0 Å². The first kappa shape index (κ1) is 11.6. The van der Waals surface area contributed by atoms with Crippen LogP contribution in [0.3, 0.4) is 0 Å². The van der Waals surface area contributed by atoms with Crippen LogP contribution in [0.2, 0.25) is 0 Å². The summed E-state index contributed by atoms with van der Waals surface area (Å²) in [6.07, 6.45) is 0. The number of nitrogens with two attached hydrogens (primary N) is 1. The van der Waals surface area contributed by atoms with Crippen molar-refractivity contribution < 1.29 is 9.47 Å². The van der Waals surface area contributed by atoms with E-state index in [-0.39, 0.29) is 12.1 Å². The lowest BCUT2D eigenvalue weighted by atomic mass is 10.1. The molecule has 2 N–H and O–H groups in total. The van der Waals surface area contributed by atoms with Gasteiger partial charge >= 0.3 is 0 Å². The maximum absolute atomic E-state index is 5.73. The molecule has 1 aliphatic rings. The zero-order valence-corrected chi connectivity index (χ0v) is 10.3. The van der Waals surface area contributed by atoms with Crippen LogP contribution in [-0.4, -0.2) is 12.6 Å². The lowest BCUT2D eigenvalue weighted by Gasteiger charge is -2.08. The molecule has 19 heavy (non-hydrogen) atoms. The molecule has 4 nitrogen and oxygen atoms in total. The van der Waals surface area contributed by atoms with Crippen molar-refractivity contribution in [2.75, 3.05) is 6.61 Å². The summed E-state index contributed by atoms with van der Waals surface area (Å²) in [4.78, 5) is 4.20. The SMILES string of the molecule is NC1=N[C@@H](c2ccc(Oc3ccccc3)cc2)CO1. The van der Waals surface area contributed by atoms with Crippen LogP contribution in [0.1, 0.15) is 11.6 Å². The first-order chi connectivity index (χ1) is 9.31. The molecule has 0 fully saturated rings. The lowest BCUT2D eigenvalue weighted by molar-refractivity contribution is 0.315. The highest BCUT2D eigenvalue weighted by molar-refractivity contribution is 5.73. The van der Waals surface area contributed by atoms with E-state index in [1.165, 1.54) is 0 Å². The minimum Gasteiger partial charge on any atom is -0.463 e. The Hall–Kier alpha value is -2.49. The Balaban J connectivity index is 1.73. The predicted octanol–water partition coefficient (Wildman–Crippen LogP) is 2.86. The second-order valence-electron chi connectivity index (χ2n) is 4.28. The molecule has 0 spiro atoms. The van der Waals surface area contributed by atoms with E-state index in [1.54, 1.807) is 0 Å². The van der Waals surface area contributed by atoms with Crippen molar-refractivity contribution in [1.29, 1.82) is 0 Å². The smallest absolute Gasteiger partial charge is 0.282 e. The van der Waals surface area contributed by atoms with Gasteiger partial charge < -0.3 is 15.2 Å². The molecule has 2 aromatic rings. The van der Waals surface area contributed by atoms with Crippen LogP contribution in [0.5, 0.6) is 11.5 Å². The molecule has 1 aliphatic heterocycles. The molecule has 2 aromatic carbocycles. The van der Waals surface area contributed by atoms with Gasteiger partial charge in [-0.2, -0.15) is 0 Å². The molecule has 0 saturated carbocycles. The van der Waals surface area contributed by atoms with E-state index in [0.717, 1.165) is 17.1 Å². The third kappa shape index (κ3) is 2.68. The topological polar surface area (TPSA) is 56.8 Å². The first-order valence-electron chi connectivity index (χ1n) is 6.10. The van der Waals surface area contributed by atoms with Gasteiger partial charge in [-0.15, -0.1) is 0 Å². The highest BCUT2D eigenvalue weighted by Gasteiger charge is 2.18. The molecule has 4 heteroatoms. The quantitative estimate of drug-likeness (QED) is 0.916. The number of amidine groups is 1. The molecule has 0 amide bonds. The number of nitrogens with zero attached hydrogens (tertiary/aromatic N) is 1. The van der Waals surface area contributed by atoms with Gasteiger partial charge in [-0.1, -0.05) is 30.3 Å². The first-order valence-corrected chi connectivity index (χ1v) is 6.10. The summed E-state index contributed by atoms with van der Waals surface area (Å²) in [5.41, 5.74) is 6.57. The summed E-state index contributed by atoms with van der Waals surface area (Å²) in [5.74, 6) is 1.62. The number of rotatable bonds is 3. The van der Waals surface area contributed by atoms with Crippen LogP contribution < -0.4 is 10.5 Å². The van der Waals surface area contributed by atoms with Crippen molar-refractivity contribution in [1.82, 2.24) is 0 Å². The summed E-state index contributed by atoms with van der Waals surface area (Å²) in [7, 11) is 0. The van der Waals surface area contributed by atoms with E-state index < -0.39 is 0 Å². The van der Waals surface area contributed by atoms with Crippen LogP contribution in [0.15, 0.2) is 59.6 Å². The zero-order chi connectivity index (χ0) is 13.1. The van der Waals surface area contributed by atoms with Crippen molar-refractivity contribution >= 4 is 6.02 Å². The average molecular weight is 254 g/mol. The van der Waals surface area contributed by atoms with E-state index in [1.807, 2.05) is 54.6 Å². The largest absolute Gasteiger partial charge is 0.463 e. The standard InChI is InChI=1S/C15H14N2O2/c16-15-17-14(10-18-15)11-6-8-13(9-7-11)19-12-4-2-1-3-5-12/h1-9,14H,10H2,(H2,16,17)/t14-/m1/s1. The number of benzene rings is 2. The summed E-state index contributed by atoms with van der Waals surface area (Å²) in [5, 5.41) is 0. The summed E-state index contributed by atoms with van der Waals surface area (Å²) >= 11 is 0. The van der Waals surface area contributed by atoms with E-state index in [9.17, 15) is 0 Å². The van der Waals surface area contributed by atoms with E-state index >= 15 is 0 Å². The molecule has 0 saturated heterocycles. The van der Waals surface area contributed by atoms with Crippen LogP contribution in [0.25, 0.3) is 0 Å². The average Bonchev–Trinajstić information content (AvgIpc) is 2.87. The van der Waals surface area contributed by atoms with Crippen molar-refractivity contribution in [3.63, 3.8) is 0 Å². The van der Waals surface area contributed by atoms with Crippen LogP contribution in [0.4, 0.5) is 0 Å². The van der Waals surface area contributed by atoms with E-state index in [2.05, 4.69) is 4.99 Å². The number of hydrogen-bond acceptors (Lipinski definition) is 4. The summed E-state index contributed by atoms with van der Waals surface area (Å²) < 4.78 is 10.9. The van der Waals surface area contributed by atoms with Gasteiger partial charge in [0.2, 0.25) is 0 Å². The molecule has 0 bridgehead atoms. The van der Waals surface area contributed by atoms with Gasteiger partial charge in [-0.25, -0.2) is 4.99 Å². The number of para-hydroxylation sites is 1. The summed E-state index contributed by atoms with van der Waals surface area (Å²) in [6, 6.07) is 17.7. The van der Waals surface area contributed by atoms with Gasteiger partial charge in [0, 0.05) is 0 Å². The molecule has 0 radical (unpaired) electrons. The fourth-order valence-corrected chi connectivity index (χ4v) is 1.95. The fourth-order valence-electron chi connectivity index (χ4n) is 1.95. The number of hydrogen-bond donors (Lipinski definition) is 1. The number of aliphatic imine (C=N–C) groups is 1. The Morgan fingerprint density at radius 1 is 1.00 bits per heavy atom. The third-order valence-electron chi connectivity index (χ3n) is 2.92. The van der Waals surface area contributed by atoms with Gasteiger partial charge in [0.25, 0.3) is 6.02 Å². The second-order valence-corrected chi connectivity index (χ2v) is 4.28. The van der Waals surface area contributed by atoms with Crippen LogP contribution in [-0.2, 0) is 4.74 Å². The predicted molar refractivity (Wildman–Crippen MR) is 73.3 cm³/mol. The zero-order valence-electron chi connectivity index (χ0n) is 10.3. The Kier molecular flexibility index (Phi) is 3.06. The molecule has 1 heterocycles. The Labute approximate surface area is 111 Å². The molecule has 3 rings (SSSR count). The number of ether oxygens (including phenoxy) is 2. The van der Waals surface area contributed by atoms with Crippen molar-refractivity contribution in [2.24, 2.45) is 10.7 Å². The molecule has 0 aliphatic carbocycles. The van der Waals surface area contributed by atoms with Crippen molar-refractivity contribution in [2.45, 2.75) is 6.04 Å². The summed E-state index contributed by atoms with van der Waals surface area (Å²) in [6.45, 7) is 0.505. The van der Waals surface area contributed by atoms with E-state index in [4.69, 9.17) is 15.2 Å². The highest BCUT2D eigenvalue weighted by Crippen LogP contribution is 2.26. The van der Waals surface area contributed by atoms with E-state index in [0.29, 0.717) is 6.61 Å². The van der Waals surface area contributed by atoms with Gasteiger partial charge in [0.15, 0.2) is 0 Å². The Morgan fingerprint density at radius 2 is 1.68 bits per heavy atom. The fraction of sp³-hybridized carbons (Fsp3) is 0.133. The maximum atomic E-state index is 5.73. The van der Waals surface area contributed by atoms with Crippen LogP contribution >= 0.6 is 0 Å². The lowest BCUT2D eigenvalue weighted by Crippen LogP contribution is -2.10. The minimum absolute atomic E-state index is 0.00854. The van der Waals surface area contributed by atoms with Crippen LogP contribution in [0, 0.1) is 0 Å². The van der Waals surface area contributed by atoms with Gasteiger partial charge in [-0.05, 0) is 29.8 Å². The van der Waals surface area contributed by atoms with Crippen molar-refractivity contribution in [3.05, 3.63) is 60.2 Å². The molecular weight excluding hydrogens is 240 g/mol. The molecule has 96 valence electrons. The molecule has 1 atom stereocenters. The Bertz CT molecular complexity index is 579. The monoisotopic (exact) mass is 254 g/mol. The maximum Gasteiger partial charge on any atom is 0.282 e. The molecule has 0 unspecified atom stereocenters. The molecule has 0 aromatic heterocycles. The normalized spacial score (nSPS) is 17.7.